The summed E-state index contributed by atoms with van der Waals surface area (Å²) in [4.78, 5) is 22.0. The van der Waals surface area contributed by atoms with Gasteiger partial charge in [-0.05, 0) is 6.42 Å². The number of ether oxygens (including phenoxy) is 1. The van der Waals surface area contributed by atoms with E-state index < -0.39 is 30.8 Å². The third kappa shape index (κ3) is 9.70. The van der Waals surface area contributed by atoms with E-state index in [-0.39, 0.29) is 13.0 Å². The van der Waals surface area contributed by atoms with Gasteiger partial charge in [-0.1, -0.05) is 6.92 Å². The lowest BCUT2D eigenvalue weighted by molar-refractivity contribution is -0.160. The third-order valence-corrected chi connectivity index (χ3v) is 1.89. The first-order chi connectivity index (χ1) is 8.78. The third-order valence-electron chi connectivity index (χ3n) is 1.89. The van der Waals surface area contributed by atoms with Crippen LogP contribution in [0.2, 0.25) is 0 Å². The summed E-state index contributed by atoms with van der Waals surface area (Å²) in [6, 6.07) is 1.23. The Labute approximate surface area is 107 Å². The Morgan fingerprint density at radius 3 is 2.53 bits per heavy atom. The minimum Gasteiger partial charge on any atom is -0.440 e. The van der Waals surface area contributed by atoms with Gasteiger partial charge in [-0.25, -0.2) is 4.79 Å². The van der Waals surface area contributed by atoms with Crippen molar-refractivity contribution in [2.45, 2.75) is 32.0 Å². The van der Waals surface area contributed by atoms with E-state index in [1.165, 1.54) is 0 Å². The Bertz CT molecular complexity index is 352. The molecule has 1 atom stereocenters. The molecule has 0 rings (SSSR count). The number of nitriles is 1. The fourth-order valence-electron chi connectivity index (χ4n) is 0.969. The molecule has 0 saturated carbocycles. The van der Waals surface area contributed by atoms with Gasteiger partial charge in [-0.2, -0.15) is 18.4 Å². The molecular formula is C10H14F3N3O3. The Morgan fingerprint density at radius 1 is 1.42 bits per heavy atom. The fourth-order valence-corrected chi connectivity index (χ4v) is 0.969. The highest BCUT2D eigenvalue weighted by Gasteiger charge is 2.29. The molecule has 19 heavy (non-hydrogen) atoms. The number of nitrogens with one attached hydrogen (secondary N) is 2. The largest absolute Gasteiger partial charge is 0.440 e. The topological polar surface area (TPSA) is 91.2 Å². The van der Waals surface area contributed by atoms with Crippen LogP contribution in [0.4, 0.5) is 18.0 Å². The maximum atomic E-state index is 11.7. The molecule has 0 aliphatic carbocycles. The highest BCUT2D eigenvalue weighted by Crippen LogP contribution is 2.14. The van der Waals surface area contributed by atoms with Gasteiger partial charge in [0.25, 0.3) is 0 Å². The summed E-state index contributed by atoms with van der Waals surface area (Å²) in [7, 11) is 0. The van der Waals surface area contributed by atoms with Crippen molar-refractivity contribution < 1.29 is 27.5 Å². The normalized spacial score (nSPS) is 12.2. The Hall–Kier alpha value is -1.98. The summed E-state index contributed by atoms with van der Waals surface area (Å²) in [5.74, 6) is -0.482. The van der Waals surface area contributed by atoms with Gasteiger partial charge in [0.1, 0.15) is 6.04 Å². The first kappa shape index (κ1) is 17.0. The van der Waals surface area contributed by atoms with E-state index in [0.717, 1.165) is 0 Å². The average molecular weight is 281 g/mol. The van der Waals surface area contributed by atoms with Gasteiger partial charge < -0.3 is 15.4 Å². The number of carbonyl (C=O) groups excluding carboxylic acids is 2. The summed E-state index contributed by atoms with van der Waals surface area (Å²) < 4.78 is 38.9. The van der Waals surface area contributed by atoms with E-state index in [1.807, 2.05) is 11.4 Å². The fraction of sp³-hybridized carbons (Fsp3) is 0.700. The molecule has 0 saturated heterocycles. The molecule has 9 heteroatoms. The quantitative estimate of drug-likeness (QED) is 0.762. The van der Waals surface area contributed by atoms with Crippen molar-refractivity contribution in [3.63, 3.8) is 0 Å². The molecule has 0 spiro atoms. The molecule has 0 aliphatic rings. The SMILES string of the molecule is CC[C@H](C#N)NC(=O)CCNC(=O)OCC(F)(F)F. The highest BCUT2D eigenvalue weighted by atomic mass is 19.4. The predicted molar refractivity (Wildman–Crippen MR) is 57.9 cm³/mol. The van der Waals surface area contributed by atoms with Crippen molar-refractivity contribution >= 4 is 12.0 Å². The highest BCUT2D eigenvalue weighted by molar-refractivity contribution is 5.77. The number of halogens is 3. The molecule has 0 aromatic carbocycles. The maximum absolute atomic E-state index is 11.7. The van der Waals surface area contributed by atoms with Crippen molar-refractivity contribution in [2.24, 2.45) is 0 Å². The summed E-state index contributed by atoms with van der Waals surface area (Å²) in [5, 5.41) is 12.9. The molecule has 0 unspecified atom stereocenters. The minimum atomic E-state index is -4.59. The van der Waals surface area contributed by atoms with Crippen LogP contribution in [-0.2, 0) is 9.53 Å². The van der Waals surface area contributed by atoms with Crippen LogP contribution in [0.1, 0.15) is 19.8 Å². The zero-order valence-electron chi connectivity index (χ0n) is 10.2. The molecule has 0 bridgehead atoms. The monoisotopic (exact) mass is 281 g/mol. The van der Waals surface area contributed by atoms with Crippen molar-refractivity contribution in [1.82, 2.24) is 10.6 Å². The number of nitrogens with zero attached hydrogens (tertiary/aromatic N) is 1. The summed E-state index contributed by atoms with van der Waals surface area (Å²) >= 11 is 0. The number of carbonyl (C=O) groups is 2. The lowest BCUT2D eigenvalue weighted by Gasteiger charge is -2.10. The van der Waals surface area contributed by atoms with Crippen LogP contribution in [0.25, 0.3) is 0 Å². The zero-order chi connectivity index (χ0) is 14.9. The first-order valence-electron chi connectivity index (χ1n) is 5.44. The van der Waals surface area contributed by atoms with E-state index >= 15 is 0 Å². The molecule has 2 amide bonds. The summed E-state index contributed by atoms with van der Waals surface area (Å²) in [6.07, 6.45) is -5.56. The molecule has 108 valence electrons. The van der Waals surface area contributed by atoms with Crippen LogP contribution in [0, 0.1) is 11.3 Å². The van der Waals surface area contributed by atoms with E-state index in [4.69, 9.17) is 5.26 Å². The van der Waals surface area contributed by atoms with Crippen LogP contribution in [0.15, 0.2) is 0 Å². The summed E-state index contributed by atoms with van der Waals surface area (Å²) in [5.41, 5.74) is 0. The number of alkyl carbamates (subject to hydrolysis) is 1. The van der Waals surface area contributed by atoms with Crippen LogP contribution in [-0.4, -0.2) is 37.4 Å². The molecule has 6 nitrogen and oxygen atoms in total. The maximum Gasteiger partial charge on any atom is 0.422 e. The lowest BCUT2D eigenvalue weighted by Crippen LogP contribution is -2.36. The van der Waals surface area contributed by atoms with Gasteiger partial charge in [-0.15, -0.1) is 0 Å². The molecule has 0 aliphatic heterocycles. The summed E-state index contributed by atoms with van der Waals surface area (Å²) in [6.45, 7) is -0.150. The number of amides is 2. The van der Waals surface area contributed by atoms with Gasteiger partial charge in [-0.3, -0.25) is 4.79 Å². The Balaban J connectivity index is 3.76. The second-order valence-electron chi connectivity index (χ2n) is 3.53. The van der Waals surface area contributed by atoms with Gasteiger partial charge in [0.2, 0.25) is 5.91 Å². The Kier molecular flexibility index (Phi) is 7.33. The molecule has 0 aromatic heterocycles. The zero-order valence-corrected chi connectivity index (χ0v) is 10.2. The molecular weight excluding hydrogens is 267 g/mol. The van der Waals surface area contributed by atoms with E-state index in [2.05, 4.69) is 10.1 Å². The number of hydrogen-bond donors (Lipinski definition) is 2. The van der Waals surface area contributed by atoms with E-state index in [0.29, 0.717) is 6.42 Å². The van der Waals surface area contributed by atoms with Gasteiger partial charge in [0.15, 0.2) is 6.61 Å². The van der Waals surface area contributed by atoms with Gasteiger partial charge in [0, 0.05) is 13.0 Å². The second kappa shape index (κ2) is 8.18. The smallest absolute Gasteiger partial charge is 0.422 e. The molecule has 0 radical (unpaired) electrons. The van der Waals surface area contributed by atoms with Gasteiger partial charge in [0.05, 0.1) is 6.07 Å². The van der Waals surface area contributed by atoms with E-state index in [9.17, 15) is 22.8 Å². The van der Waals surface area contributed by atoms with Crippen molar-refractivity contribution in [2.75, 3.05) is 13.2 Å². The van der Waals surface area contributed by atoms with Crippen LogP contribution < -0.4 is 10.6 Å². The van der Waals surface area contributed by atoms with Crippen molar-refractivity contribution in [1.29, 1.82) is 5.26 Å². The van der Waals surface area contributed by atoms with Crippen LogP contribution in [0.5, 0.6) is 0 Å². The van der Waals surface area contributed by atoms with Gasteiger partial charge >= 0.3 is 12.3 Å². The van der Waals surface area contributed by atoms with Crippen molar-refractivity contribution in [3.05, 3.63) is 0 Å². The lowest BCUT2D eigenvalue weighted by atomic mass is 10.2. The standard InChI is InChI=1S/C10H14F3N3O3/c1-2-7(5-14)16-8(17)3-4-15-9(18)19-6-10(11,12)13/h7H,2-4,6H2,1H3,(H,15,18)(H,16,17)/t7-/m1/s1. The molecule has 0 heterocycles. The number of alkyl halides is 3. The Morgan fingerprint density at radius 2 is 2.05 bits per heavy atom. The average Bonchev–Trinajstić information content (AvgIpc) is 2.32. The first-order valence-corrected chi connectivity index (χ1v) is 5.44. The minimum absolute atomic E-state index is 0.153. The molecule has 0 aromatic rings. The second-order valence-corrected chi connectivity index (χ2v) is 3.53. The number of rotatable bonds is 6. The van der Waals surface area contributed by atoms with Crippen LogP contribution >= 0.6 is 0 Å². The predicted octanol–water partition coefficient (Wildman–Crippen LogP) is 1.08. The van der Waals surface area contributed by atoms with Crippen molar-refractivity contribution in [3.8, 4) is 6.07 Å². The number of hydrogen-bond acceptors (Lipinski definition) is 4. The van der Waals surface area contributed by atoms with E-state index in [1.54, 1.807) is 6.92 Å². The van der Waals surface area contributed by atoms with Crippen LogP contribution in [0.3, 0.4) is 0 Å². The molecule has 0 fully saturated rings. The molecule has 2 N–H and O–H groups in total.